The average molecular weight is 241 g/mol. The van der Waals surface area contributed by atoms with Gasteiger partial charge in [-0.15, -0.1) is 0 Å². The summed E-state index contributed by atoms with van der Waals surface area (Å²) < 4.78 is 0. The summed E-state index contributed by atoms with van der Waals surface area (Å²) in [5.41, 5.74) is 0. The Morgan fingerprint density at radius 3 is 2.59 bits per heavy atom. The smallest absolute Gasteiger partial charge is 0.241 e. The highest BCUT2D eigenvalue weighted by molar-refractivity contribution is 5.84. The zero-order valence-corrected chi connectivity index (χ0v) is 11.9. The van der Waals surface area contributed by atoms with Gasteiger partial charge in [-0.1, -0.05) is 13.8 Å². The SMILES string of the molecule is CC(C)CC1NC(C)N(CCCN(C)C)C1=O. The van der Waals surface area contributed by atoms with Gasteiger partial charge in [0.15, 0.2) is 0 Å². The molecule has 4 nitrogen and oxygen atoms in total. The largest absolute Gasteiger partial charge is 0.326 e. The third-order valence-electron chi connectivity index (χ3n) is 3.20. The fourth-order valence-corrected chi connectivity index (χ4v) is 2.34. The van der Waals surface area contributed by atoms with Crippen LogP contribution in [0.3, 0.4) is 0 Å². The van der Waals surface area contributed by atoms with E-state index in [-0.39, 0.29) is 18.1 Å². The number of carbonyl (C=O) groups excluding carboxylic acids is 1. The highest BCUT2D eigenvalue weighted by Gasteiger charge is 2.35. The van der Waals surface area contributed by atoms with Crippen molar-refractivity contribution in [2.24, 2.45) is 5.92 Å². The van der Waals surface area contributed by atoms with E-state index < -0.39 is 0 Å². The van der Waals surface area contributed by atoms with Gasteiger partial charge in [0.05, 0.1) is 12.2 Å². The van der Waals surface area contributed by atoms with E-state index in [0.29, 0.717) is 5.92 Å². The normalized spacial score (nSPS) is 25.4. The van der Waals surface area contributed by atoms with Crippen molar-refractivity contribution in [3.05, 3.63) is 0 Å². The molecule has 0 radical (unpaired) electrons. The van der Waals surface area contributed by atoms with Crippen LogP contribution in [0, 0.1) is 5.92 Å². The van der Waals surface area contributed by atoms with Crippen molar-refractivity contribution in [3.8, 4) is 0 Å². The zero-order valence-electron chi connectivity index (χ0n) is 11.9. The number of nitrogens with zero attached hydrogens (tertiary/aromatic N) is 2. The summed E-state index contributed by atoms with van der Waals surface area (Å²) in [7, 11) is 4.13. The van der Waals surface area contributed by atoms with E-state index in [0.717, 1.165) is 25.9 Å². The van der Waals surface area contributed by atoms with Gasteiger partial charge in [-0.25, -0.2) is 0 Å². The Kier molecular flexibility index (Phi) is 5.40. The van der Waals surface area contributed by atoms with E-state index in [2.05, 4.69) is 45.1 Å². The quantitative estimate of drug-likeness (QED) is 0.757. The molecule has 0 aromatic carbocycles. The summed E-state index contributed by atoms with van der Waals surface area (Å²) in [6.45, 7) is 8.29. The van der Waals surface area contributed by atoms with Crippen LogP contribution in [0.25, 0.3) is 0 Å². The Bertz CT molecular complexity index is 253. The molecule has 0 aromatic rings. The Hall–Kier alpha value is -0.610. The Labute approximate surface area is 105 Å². The Morgan fingerprint density at radius 1 is 1.41 bits per heavy atom. The van der Waals surface area contributed by atoms with Gasteiger partial charge in [0.25, 0.3) is 0 Å². The second-order valence-corrected chi connectivity index (χ2v) is 5.71. The van der Waals surface area contributed by atoms with Crippen molar-refractivity contribution in [2.75, 3.05) is 27.2 Å². The van der Waals surface area contributed by atoms with Crippen molar-refractivity contribution < 1.29 is 4.79 Å². The van der Waals surface area contributed by atoms with Crippen molar-refractivity contribution >= 4 is 5.91 Å². The number of nitrogens with one attached hydrogen (secondary N) is 1. The minimum absolute atomic E-state index is 0.0318. The second kappa shape index (κ2) is 6.36. The Morgan fingerprint density at radius 2 is 2.06 bits per heavy atom. The molecule has 1 saturated heterocycles. The first kappa shape index (κ1) is 14.5. The van der Waals surface area contributed by atoms with Crippen molar-refractivity contribution in [2.45, 2.75) is 45.8 Å². The van der Waals surface area contributed by atoms with E-state index in [1.54, 1.807) is 0 Å². The third-order valence-corrected chi connectivity index (χ3v) is 3.20. The van der Waals surface area contributed by atoms with Crippen LogP contribution in [0.4, 0.5) is 0 Å². The molecule has 17 heavy (non-hydrogen) atoms. The first-order chi connectivity index (χ1) is 7.91. The number of hydrogen-bond acceptors (Lipinski definition) is 3. The van der Waals surface area contributed by atoms with E-state index in [4.69, 9.17) is 0 Å². The summed E-state index contributed by atoms with van der Waals surface area (Å²) in [5.74, 6) is 0.843. The number of amides is 1. The minimum Gasteiger partial charge on any atom is -0.326 e. The summed E-state index contributed by atoms with van der Waals surface area (Å²) in [5, 5.41) is 3.39. The maximum absolute atomic E-state index is 12.2. The zero-order chi connectivity index (χ0) is 13.0. The minimum atomic E-state index is 0.0318. The molecule has 0 spiro atoms. The molecule has 1 N–H and O–H groups in total. The maximum atomic E-state index is 12.2. The van der Waals surface area contributed by atoms with Crippen molar-refractivity contribution in [1.82, 2.24) is 15.1 Å². The molecule has 0 aromatic heterocycles. The molecule has 1 aliphatic rings. The summed E-state index contributed by atoms with van der Waals surface area (Å²) in [6.07, 6.45) is 2.17. The van der Waals surface area contributed by atoms with Gasteiger partial charge in [-0.3, -0.25) is 10.1 Å². The molecule has 4 heteroatoms. The summed E-state index contributed by atoms with van der Waals surface area (Å²) >= 11 is 0. The van der Waals surface area contributed by atoms with E-state index in [9.17, 15) is 4.79 Å². The number of rotatable bonds is 6. The lowest BCUT2D eigenvalue weighted by molar-refractivity contribution is -0.130. The molecular formula is C13H27N3O. The lowest BCUT2D eigenvalue weighted by Gasteiger charge is -2.21. The molecule has 1 rings (SSSR count). The molecule has 0 saturated carbocycles. The van der Waals surface area contributed by atoms with Crippen LogP contribution in [-0.4, -0.2) is 55.1 Å². The fourth-order valence-electron chi connectivity index (χ4n) is 2.34. The third kappa shape index (κ3) is 4.28. The highest BCUT2D eigenvalue weighted by Crippen LogP contribution is 2.16. The van der Waals surface area contributed by atoms with Crippen LogP contribution in [-0.2, 0) is 4.79 Å². The fraction of sp³-hybridized carbons (Fsp3) is 0.923. The van der Waals surface area contributed by atoms with Crippen LogP contribution in [0.1, 0.15) is 33.6 Å². The van der Waals surface area contributed by atoms with Gasteiger partial charge in [0.2, 0.25) is 5.91 Å². The average Bonchev–Trinajstić information content (AvgIpc) is 2.44. The molecule has 2 atom stereocenters. The van der Waals surface area contributed by atoms with Crippen LogP contribution in [0.5, 0.6) is 0 Å². The molecule has 1 fully saturated rings. The first-order valence-corrected chi connectivity index (χ1v) is 6.63. The summed E-state index contributed by atoms with van der Waals surface area (Å²) in [4.78, 5) is 16.3. The molecule has 1 amide bonds. The van der Waals surface area contributed by atoms with Crippen LogP contribution < -0.4 is 5.32 Å². The molecule has 1 aliphatic heterocycles. The molecule has 1 heterocycles. The predicted octanol–water partition coefficient (Wildman–Crippen LogP) is 1.13. The van der Waals surface area contributed by atoms with Crippen LogP contribution in [0.2, 0.25) is 0 Å². The van der Waals surface area contributed by atoms with Gasteiger partial charge in [0.1, 0.15) is 0 Å². The van der Waals surface area contributed by atoms with Crippen LogP contribution >= 0.6 is 0 Å². The van der Waals surface area contributed by atoms with Gasteiger partial charge in [-0.05, 0) is 46.3 Å². The molecule has 2 unspecified atom stereocenters. The highest BCUT2D eigenvalue weighted by atomic mass is 16.2. The van der Waals surface area contributed by atoms with E-state index >= 15 is 0 Å². The first-order valence-electron chi connectivity index (χ1n) is 6.63. The Balaban J connectivity index is 2.42. The second-order valence-electron chi connectivity index (χ2n) is 5.71. The van der Waals surface area contributed by atoms with Crippen molar-refractivity contribution in [3.63, 3.8) is 0 Å². The van der Waals surface area contributed by atoms with E-state index in [1.165, 1.54) is 0 Å². The number of hydrogen-bond donors (Lipinski definition) is 1. The lowest BCUT2D eigenvalue weighted by atomic mass is 10.0. The monoisotopic (exact) mass is 241 g/mol. The molecule has 0 bridgehead atoms. The van der Waals surface area contributed by atoms with Crippen molar-refractivity contribution in [1.29, 1.82) is 0 Å². The predicted molar refractivity (Wildman–Crippen MR) is 70.7 cm³/mol. The maximum Gasteiger partial charge on any atom is 0.241 e. The van der Waals surface area contributed by atoms with E-state index in [1.807, 2.05) is 4.90 Å². The summed E-state index contributed by atoms with van der Waals surface area (Å²) in [6, 6.07) is 0.0318. The molecule has 0 aliphatic carbocycles. The van der Waals surface area contributed by atoms with Gasteiger partial charge in [-0.2, -0.15) is 0 Å². The van der Waals surface area contributed by atoms with Gasteiger partial charge in [0, 0.05) is 6.54 Å². The standard InChI is InChI=1S/C13H27N3O/c1-10(2)9-12-13(17)16(11(3)14-12)8-6-7-15(4)5/h10-12,14H,6-9H2,1-5H3. The molecule has 100 valence electrons. The topological polar surface area (TPSA) is 35.6 Å². The lowest BCUT2D eigenvalue weighted by Crippen LogP contribution is -2.36. The molecular weight excluding hydrogens is 214 g/mol. The van der Waals surface area contributed by atoms with Gasteiger partial charge < -0.3 is 9.80 Å². The van der Waals surface area contributed by atoms with Crippen LogP contribution in [0.15, 0.2) is 0 Å². The van der Waals surface area contributed by atoms with Gasteiger partial charge >= 0.3 is 0 Å². The number of carbonyl (C=O) groups is 1.